The molecule has 0 aliphatic heterocycles. The summed E-state index contributed by atoms with van der Waals surface area (Å²) in [5.41, 5.74) is 9.05. The zero-order valence-electron chi connectivity index (χ0n) is 10.4. The minimum absolute atomic E-state index is 0.586. The Balaban J connectivity index is 2.06. The molecule has 0 saturated carbocycles. The molecule has 5 heteroatoms. The van der Waals surface area contributed by atoms with E-state index in [0.717, 1.165) is 22.3 Å². The van der Waals surface area contributed by atoms with Crippen LogP contribution in [0.25, 0.3) is 10.9 Å². The molecule has 0 radical (unpaired) electrons. The molecular weight excluding hydrogens is 293 g/mol. The summed E-state index contributed by atoms with van der Waals surface area (Å²) in [4.78, 5) is 4.31. The number of fused-ring (bicyclic) bond motifs is 1. The Kier molecular flexibility index (Phi) is 3.38. The molecular formula is C15H11Cl2N3. The molecule has 3 aromatic rings. The van der Waals surface area contributed by atoms with Gasteiger partial charge < -0.3 is 11.1 Å². The topological polar surface area (TPSA) is 50.9 Å². The third-order valence-electron chi connectivity index (χ3n) is 2.91. The fourth-order valence-corrected chi connectivity index (χ4v) is 2.58. The van der Waals surface area contributed by atoms with Crippen LogP contribution in [0.4, 0.5) is 17.1 Å². The second kappa shape index (κ2) is 5.19. The van der Waals surface area contributed by atoms with Crippen LogP contribution in [0, 0.1) is 0 Å². The van der Waals surface area contributed by atoms with Gasteiger partial charge in [0.1, 0.15) is 0 Å². The van der Waals surface area contributed by atoms with Crippen molar-refractivity contribution in [1.29, 1.82) is 0 Å². The van der Waals surface area contributed by atoms with Crippen molar-refractivity contribution in [2.75, 3.05) is 11.1 Å². The van der Waals surface area contributed by atoms with E-state index in [1.807, 2.05) is 36.4 Å². The SMILES string of the molecule is Nc1ccc2c(Nc3cc(Cl)cc(Cl)c3)ccnc2c1. The van der Waals surface area contributed by atoms with E-state index in [1.54, 1.807) is 12.3 Å². The Morgan fingerprint density at radius 1 is 0.950 bits per heavy atom. The predicted octanol–water partition coefficient (Wildman–Crippen LogP) is 4.87. The molecule has 3 N–H and O–H groups in total. The number of pyridine rings is 1. The Hall–Kier alpha value is -1.97. The molecule has 0 aliphatic carbocycles. The summed E-state index contributed by atoms with van der Waals surface area (Å²) in [5.74, 6) is 0. The van der Waals surface area contributed by atoms with Gasteiger partial charge in [0.2, 0.25) is 0 Å². The standard InChI is InChI=1S/C15H11Cl2N3/c16-9-5-10(17)7-12(6-9)20-14-3-4-19-15-8-11(18)1-2-13(14)15/h1-8H,18H2,(H,19,20). The molecule has 0 spiro atoms. The maximum atomic E-state index is 6.00. The Morgan fingerprint density at radius 3 is 2.45 bits per heavy atom. The smallest absolute Gasteiger partial charge is 0.0743 e. The summed E-state index contributed by atoms with van der Waals surface area (Å²) < 4.78 is 0. The molecule has 100 valence electrons. The molecule has 3 rings (SSSR count). The van der Waals surface area contributed by atoms with Crippen molar-refractivity contribution in [1.82, 2.24) is 4.98 Å². The first-order valence-electron chi connectivity index (χ1n) is 5.99. The third kappa shape index (κ3) is 2.64. The molecule has 3 nitrogen and oxygen atoms in total. The first kappa shape index (κ1) is 13.0. The van der Waals surface area contributed by atoms with Gasteiger partial charge in [-0.25, -0.2) is 0 Å². The summed E-state index contributed by atoms with van der Waals surface area (Å²) in [7, 11) is 0. The van der Waals surface area contributed by atoms with Gasteiger partial charge in [0.05, 0.1) is 5.52 Å². The van der Waals surface area contributed by atoms with E-state index in [9.17, 15) is 0 Å². The number of nitrogen functional groups attached to an aromatic ring is 1. The van der Waals surface area contributed by atoms with Crippen LogP contribution in [0.15, 0.2) is 48.7 Å². The highest BCUT2D eigenvalue weighted by molar-refractivity contribution is 6.35. The first-order valence-corrected chi connectivity index (χ1v) is 6.75. The van der Waals surface area contributed by atoms with Crippen molar-refractivity contribution in [2.45, 2.75) is 0 Å². The van der Waals surface area contributed by atoms with Crippen LogP contribution in [-0.4, -0.2) is 4.98 Å². The maximum Gasteiger partial charge on any atom is 0.0743 e. The molecule has 0 aliphatic rings. The number of nitrogens with zero attached hydrogens (tertiary/aromatic N) is 1. The third-order valence-corrected chi connectivity index (χ3v) is 3.34. The van der Waals surface area contributed by atoms with Crippen LogP contribution >= 0.6 is 23.2 Å². The first-order chi connectivity index (χ1) is 9.61. The largest absolute Gasteiger partial charge is 0.399 e. The highest BCUT2D eigenvalue weighted by atomic mass is 35.5. The number of nitrogens with one attached hydrogen (secondary N) is 1. The van der Waals surface area contributed by atoms with Gasteiger partial charge >= 0.3 is 0 Å². The highest BCUT2D eigenvalue weighted by Crippen LogP contribution is 2.29. The van der Waals surface area contributed by atoms with E-state index in [0.29, 0.717) is 15.7 Å². The number of benzene rings is 2. The molecule has 20 heavy (non-hydrogen) atoms. The summed E-state index contributed by atoms with van der Waals surface area (Å²) >= 11 is 12.0. The summed E-state index contributed by atoms with van der Waals surface area (Å²) in [6.07, 6.45) is 1.73. The van der Waals surface area contributed by atoms with E-state index >= 15 is 0 Å². The molecule has 2 aromatic carbocycles. The molecule has 0 saturated heterocycles. The molecule has 0 fully saturated rings. The van der Waals surface area contributed by atoms with Crippen molar-refractivity contribution in [3.05, 3.63) is 58.7 Å². The number of rotatable bonds is 2. The van der Waals surface area contributed by atoms with E-state index in [2.05, 4.69) is 10.3 Å². The monoisotopic (exact) mass is 303 g/mol. The number of halogens is 2. The van der Waals surface area contributed by atoms with Crippen molar-refractivity contribution >= 4 is 51.2 Å². The fraction of sp³-hybridized carbons (Fsp3) is 0. The van der Waals surface area contributed by atoms with Crippen molar-refractivity contribution in [3.63, 3.8) is 0 Å². The Morgan fingerprint density at radius 2 is 1.70 bits per heavy atom. The zero-order valence-corrected chi connectivity index (χ0v) is 11.9. The lowest BCUT2D eigenvalue weighted by molar-refractivity contribution is 1.40. The summed E-state index contributed by atoms with van der Waals surface area (Å²) in [6.45, 7) is 0. The van der Waals surface area contributed by atoms with Gasteiger partial charge in [-0.1, -0.05) is 23.2 Å². The number of aromatic nitrogens is 1. The molecule has 0 amide bonds. The van der Waals surface area contributed by atoms with Crippen molar-refractivity contribution < 1.29 is 0 Å². The second-order valence-electron chi connectivity index (χ2n) is 4.42. The van der Waals surface area contributed by atoms with Gasteiger partial charge in [-0.15, -0.1) is 0 Å². The highest BCUT2D eigenvalue weighted by Gasteiger charge is 2.04. The number of hydrogen-bond donors (Lipinski definition) is 2. The predicted molar refractivity (Wildman–Crippen MR) is 85.9 cm³/mol. The quantitative estimate of drug-likeness (QED) is 0.664. The molecule has 0 bridgehead atoms. The van der Waals surface area contributed by atoms with Gasteiger partial charge in [0, 0.05) is 38.7 Å². The van der Waals surface area contributed by atoms with Crippen LogP contribution in [0.2, 0.25) is 10.0 Å². The van der Waals surface area contributed by atoms with Gasteiger partial charge in [-0.3, -0.25) is 4.98 Å². The van der Waals surface area contributed by atoms with Crippen LogP contribution in [-0.2, 0) is 0 Å². The minimum atomic E-state index is 0.586. The van der Waals surface area contributed by atoms with Gasteiger partial charge in [0.15, 0.2) is 0 Å². The van der Waals surface area contributed by atoms with Crippen molar-refractivity contribution in [3.8, 4) is 0 Å². The molecule has 0 unspecified atom stereocenters. The number of nitrogens with two attached hydrogens (primary N) is 1. The average molecular weight is 304 g/mol. The Labute approximate surface area is 126 Å². The van der Waals surface area contributed by atoms with Crippen molar-refractivity contribution in [2.24, 2.45) is 0 Å². The second-order valence-corrected chi connectivity index (χ2v) is 5.29. The minimum Gasteiger partial charge on any atom is -0.399 e. The van der Waals surface area contributed by atoms with E-state index in [-0.39, 0.29) is 0 Å². The van der Waals surface area contributed by atoms with E-state index in [1.165, 1.54) is 0 Å². The van der Waals surface area contributed by atoms with Gasteiger partial charge in [-0.2, -0.15) is 0 Å². The van der Waals surface area contributed by atoms with E-state index in [4.69, 9.17) is 28.9 Å². The van der Waals surface area contributed by atoms with Crippen LogP contribution in [0.5, 0.6) is 0 Å². The van der Waals surface area contributed by atoms with Crippen LogP contribution < -0.4 is 11.1 Å². The molecule has 1 heterocycles. The normalized spacial score (nSPS) is 10.7. The average Bonchev–Trinajstić information content (AvgIpc) is 2.37. The molecule has 0 atom stereocenters. The summed E-state index contributed by atoms with van der Waals surface area (Å²) in [5, 5.41) is 5.45. The fourth-order valence-electron chi connectivity index (χ4n) is 2.06. The molecule has 1 aromatic heterocycles. The lowest BCUT2D eigenvalue weighted by atomic mass is 10.1. The number of hydrogen-bond acceptors (Lipinski definition) is 3. The lowest BCUT2D eigenvalue weighted by Crippen LogP contribution is -1.93. The number of anilines is 3. The van der Waals surface area contributed by atoms with Crippen LogP contribution in [0.1, 0.15) is 0 Å². The Bertz CT molecular complexity index is 767. The lowest BCUT2D eigenvalue weighted by Gasteiger charge is -2.10. The van der Waals surface area contributed by atoms with E-state index < -0.39 is 0 Å². The zero-order chi connectivity index (χ0) is 14.1. The van der Waals surface area contributed by atoms with Gasteiger partial charge in [0.25, 0.3) is 0 Å². The van der Waals surface area contributed by atoms with Gasteiger partial charge in [-0.05, 0) is 42.5 Å². The van der Waals surface area contributed by atoms with Crippen LogP contribution in [0.3, 0.4) is 0 Å². The maximum absolute atomic E-state index is 6.00. The summed E-state index contributed by atoms with van der Waals surface area (Å²) in [6, 6.07) is 12.8.